The van der Waals surface area contributed by atoms with Crippen molar-refractivity contribution >= 4 is 29.8 Å². The smallest absolute Gasteiger partial charge is 0.328 e. The van der Waals surface area contributed by atoms with Crippen LogP contribution in [0.15, 0.2) is 30.3 Å². The molecule has 0 aliphatic rings. The maximum Gasteiger partial charge on any atom is 0.328 e. The molecular weight excluding hydrogens is 368 g/mol. The number of amides is 2. The van der Waals surface area contributed by atoms with Gasteiger partial charge in [0.15, 0.2) is 0 Å². The fourth-order valence-electron chi connectivity index (χ4n) is 2.10. The summed E-state index contributed by atoms with van der Waals surface area (Å²) in [6.45, 7) is 1.45. The topological polar surface area (TPSA) is 120 Å². The predicted octanol–water partition coefficient (Wildman–Crippen LogP) is 0.434. The first kappa shape index (κ1) is 22.7. The number of hydrogen-bond donors (Lipinski definition) is 2. The Morgan fingerprint density at radius 1 is 1.00 bits per heavy atom. The molecule has 0 heterocycles. The minimum atomic E-state index is -1.21. The average Bonchev–Trinajstić information content (AvgIpc) is 2.71. The SMILES string of the molecule is COC(=O)C[C@H](NC(=O)[C@@H](C)NC(=O)/C=C\c1ccc(OC)cc1)C(=O)OC. The van der Waals surface area contributed by atoms with Crippen molar-refractivity contribution in [1.29, 1.82) is 0 Å². The van der Waals surface area contributed by atoms with Gasteiger partial charge < -0.3 is 24.8 Å². The Morgan fingerprint density at radius 3 is 2.18 bits per heavy atom. The van der Waals surface area contributed by atoms with Gasteiger partial charge in [-0.1, -0.05) is 12.1 Å². The molecule has 0 saturated heterocycles. The fourth-order valence-corrected chi connectivity index (χ4v) is 2.10. The second-order valence-corrected chi connectivity index (χ2v) is 5.70. The molecule has 152 valence electrons. The fraction of sp³-hybridized carbons (Fsp3) is 0.368. The molecular formula is C19H24N2O7. The van der Waals surface area contributed by atoms with Gasteiger partial charge in [0.1, 0.15) is 17.8 Å². The van der Waals surface area contributed by atoms with Crippen LogP contribution in [0.1, 0.15) is 18.9 Å². The van der Waals surface area contributed by atoms with Gasteiger partial charge in [-0.25, -0.2) is 4.79 Å². The van der Waals surface area contributed by atoms with E-state index in [4.69, 9.17) is 4.74 Å². The molecule has 0 aliphatic carbocycles. The molecule has 0 aliphatic heterocycles. The zero-order valence-electron chi connectivity index (χ0n) is 16.2. The van der Waals surface area contributed by atoms with Gasteiger partial charge in [-0.15, -0.1) is 0 Å². The van der Waals surface area contributed by atoms with E-state index in [1.807, 2.05) is 0 Å². The number of esters is 2. The number of carbonyl (C=O) groups excluding carboxylic acids is 4. The molecule has 0 unspecified atom stereocenters. The summed E-state index contributed by atoms with van der Waals surface area (Å²) < 4.78 is 14.1. The Labute approximate surface area is 163 Å². The van der Waals surface area contributed by atoms with E-state index < -0.39 is 35.8 Å². The van der Waals surface area contributed by atoms with E-state index in [-0.39, 0.29) is 6.42 Å². The summed E-state index contributed by atoms with van der Waals surface area (Å²) in [4.78, 5) is 47.2. The molecule has 2 N–H and O–H groups in total. The van der Waals surface area contributed by atoms with Gasteiger partial charge in [-0.05, 0) is 30.7 Å². The van der Waals surface area contributed by atoms with Crippen LogP contribution >= 0.6 is 0 Å². The van der Waals surface area contributed by atoms with E-state index >= 15 is 0 Å². The van der Waals surface area contributed by atoms with Crippen LogP contribution in [0.5, 0.6) is 5.75 Å². The van der Waals surface area contributed by atoms with Crippen molar-refractivity contribution in [2.45, 2.75) is 25.4 Å². The van der Waals surface area contributed by atoms with Crippen LogP contribution in [0.25, 0.3) is 6.08 Å². The molecule has 0 saturated carbocycles. The molecule has 0 radical (unpaired) electrons. The third kappa shape index (κ3) is 7.48. The first-order valence-electron chi connectivity index (χ1n) is 8.38. The molecule has 0 aromatic heterocycles. The van der Waals surface area contributed by atoms with Crippen molar-refractivity contribution in [3.8, 4) is 5.75 Å². The van der Waals surface area contributed by atoms with Crippen molar-refractivity contribution in [2.75, 3.05) is 21.3 Å². The standard InChI is InChI=1S/C19H24N2O7/c1-12(18(24)21-15(19(25)28-4)11-17(23)27-3)20-16(22)10-7-13-5-8-14(26-2)9-6-13/h5-10,12,15H,11H2,1-4H3,(H,20,22)(H,21,24)/b10-7-/t12-,15+/m1/s1. The van der Waals surface area contributed by atoms with Gasteiger partial charge >= 0.3 is 11.9 Å². The summed E-state index contributed by atoms with van der Waals surface area (Å²) in [5.41, 5.74) is 0.775. The van der Waals surface area contributed by atoms with Gasteiger partial charge in [-0.3, -0.25) is 14.4 Å². The van der Waals surface area contributed by atoms with E-state index in [0.29, 0.717) is 5.75 Å². The number of carbonyl (C=O) groups is 4. The minimum absolute atomic E-state index is 0.382. The monoisotopic (exact) mass is 392 g/mol. The third-order valence-electron chi connectivity index (χ3n) is 3.70. The largest absolute Gasteiger partial charge is 0.497 e. The van der Waals surface area contributed by atoms with Crippen molar-refractivity contribution in [1.82, 2.24) is 10.6 Å². The van der Waals surface area contributed by atoms with E-state index in [2.05, 4.69) is 20.1 Å². The number of hydrogen-bond acceptors (Lipinski definition) is 7. The second-order valence-electron chi connectivity index (χ2n) is 5.70. The highest BCUT2D eigenvalue weighted by molar-refractivity contribution is 5.96. The zero-order valence-corrected chi connectivity index (χ0v) is 16.2. The Hall–Kier alpha value is -3.36. The van der Waals surface area contributed by atoms with E-state index in [0.717, 1.165) is 19.8 Å². The molecule has 28 heavy (non-hydrogen) atoms. The number of rotatable bonds is 9. The Kier molecular flexibility index (Phi) is 9.21. The van der Waals surface area contributed by atoms with E-state index in [1.54, 1.807) is 37.5 Å². The lowest BCUT2D eigenvalue weighted by Crippen LogP contribution is -2.51. The molecule has 1 aromatic rings. The summed E-state index contributed by atoms with van der Waals surface area (Å²) in [5.74, 6) is -1.93. The molecule has 0 bridgehead atoms. The van der Waals surface area contributed by atoms with Gasteiger partial charge in [0.25, 0.3) is 0 Å². The summed E-state index contributed by atoms with van der Waals surface area (Å²) in [6, 6.07) is 4.89. The molecule has 1 aromatic carbocycles. The number of nitrogens with one attached hydrogen (secondary N) is 2. The highest BCUT2D eigenvalue weighted by atomic mass is 16.5. The van der Waals surface area contributed by atoms with Crippen LogP contribution in [0.3, 0.4) is 0 Å². The van der Waals surface area contributed by atoms with Gasteiger partial charge in [0, 0.05) is 6.08 Å². The first-order valence-corrected chi connectivity index (χ1v) is 8.38. The molecule has 0 spiro atoms. The molecule has 1 rings (SSSR count). The highest BCUT2D eigenvalue weighted by Crippen LogP contribution is 2.12. The van der Waals surface area contributed by atoms with Gasteiger partial charge in [0.2, 0.25) is 11.8 Å². The van der Waals surface area contributed by atoms with E-state index in [9.17, 15) is 19.2 Å². The maximum absolute atomic E-state index is 12.2. The lowest BCUT2D eigenvalue weighted by atomic mass is 10.2. The van der Waals surface area contributed by atoms with Crippen LogP contribution < -0.4 is 15.4 Å². The summed E-state index contributed by atoms with van der Waals surface area (Å²) in [7, 11) is 3.85. The van der Waals surface area contributed by atoms with Crippen LogP contribution in [-0.4, -0.2) is 57.2 Å². The van der Waals surface area contributed by atoms with Crippen LogP contribution in [0.4, 0.5) is 0 Å². The lowest BCUT2D eigenvalue weighted by molar-refractivity contribution is -0.150. The molecule has 0 fully saturated rings. The number of methoxy groups -OCH3 is 3. The Balaban J connectivity index is 2.62. The van der Waals surface area contributed by atoms with Crippen LogP contribution in [0, 0.1) is 0 Å². The molecule has 2 amide bonds. The first-order chi connectivity index (χ1) is 13.3. The van der Waals surface area contributed by atoms with Crippen molar-refractivity contribution in [3.63, 3.8) is 0 Å². The third-order valence-corrected chi connectivity index (χ3v) is 3.70. The van der Waals surface area contributed by atoms with Crippen LogP contribution in [0.2, 0.25) is 0 Å². The zero-order chi connectivity index (χ0) is 21.1. The maximum atomic E-state index is 12.2. The summed E-state index contributed by atoms with van der Waals surface area (Å²) >= 11 is 0. The Morgan fingerprint density at radius 2 is 1.64 bits per heavy atom. The van der Waals surface area contributed by atoms with Crippen molar-refractivity contribution in [2.24, 2.45) is 0 Å². The Bertz CT molecular complexity index is 728. The van der Waals surface area contributed by atoms with E-state index in [1.165, 1.54) is 13.0 Å². The van der Waals surface area contributed by atoms with Crippen LogP contribution in [-0.2, 0) is 28.7 Å². The van der Waals surface area contributed by atoms with Crippen molar-refractivity contribution in [3.05, 3.63) is 35.9 Å². The quantitative estimate of drug-likeness (QED) is 0.462. The summed E-state index contributed by atoms with van der Waals surface area (Å²) in [5, 5.41) is 4.83. The normalized spacial score (nSPS) is 12.6. The second kappa shape index (κ2) is 11.4. The molecule has 9 nitrogen and oxygen atoms in total. The van der Waals surface area contributed by atoms with Gasteiger partial charge in [-0.2, -0.15) is 0 Å². The highest BCUT2D eigenvalue weighted by Gasteiger charge is 2.27. The summed E-state index contributed by atoms with van der Waals surface area (Å²) in [6.07, 6.45) is 2.47. The average molecular weight is 392 g/mol. The minimum Gasteiger partial charge on any atom is -0.497 e. The number of benzene rings is 1. The molecule has 9 heteroatoms. The number of ether oxygens (including phenoxy) is 3. The van der Waals surface area contributed by atoms with Gasteiger partial charge in [0.05, 0.1) is 27.8 Å². The van der Waals surface area contributed by atoms with Crippen molar-refractivity contribution < 1.29 is 33.4 Å². The predicted molar refractivity (Wildman–Crippen MR) is 100 cm³/mol. The molecule has 2 atom stereocenters. The lowest BCUT2D eigenvalue weighted by Gasteiger charge is -2.18.